The summed E-state index contributed by atoms with van der Waals surface area (Å²) >= 11 is 0. The molecule has 5 nitrogen and oxygen atoms in total. The van der Waals surface area contributed by atoms with Gasteiger partial charge in [0.1, 0.15) is 5.75 Å². The summed E-state index contributed by atoms with van der Waals surface area (Å²) in [6, 6.07) is 18.7. The van der Waals surface area contributed by atoms with Crippen molar-refractivity contribution in [2.45, 2.75) is 20.8 Å². The standard InChI is InChI=1S/C24H21NO4/c1-15-10-11-19(12-16(15)2)23(27)18-6-4-8-21(13-18)25-24(28)20-7-5-9-22(14-20)29-17(3)26/h4-14H,1-3H3,(H,25,28). The van der Waals surface area contributed by atoms with Crippen LogP contribution in [0.3, 0.4) is 0 Å². The van der Waals surface area contributed by atoms with E-state index >= 15 is 0 Å². The van der Waals surface area contributed by atoms with Gasteiger partial charge in [0.05, 0.1) is 0 Å². The average molecular weight is 387 g/mol. The second-order valence-electron chi connectivity index (χ2n) is 6.78. The van der Waals surface area contributed by atoms with Crippen molar-refractivity contribution in [1.82, 2.24) is 0 Å². The molecule has 0 fully saturated rings. The van der Waals surface area contributed by atoms with Crippen LogP contribution in [0.5, 0.6) is 5.75 Å². The van der Waals surface area contributed by atoms with E-state index in [1.54, 1.807) is 48.5 Å². The first kappa shape index (κ1) is 20.0. The molecule has 0 unspecified atom stereocenters. The highest BCUT2D eigenvalue weighted by molar-refractivity contribution is 6.10. The van der Waals surface area contributed by atoms with Crippen LogP contribution in [0.15, 0.2) is 66.7 Å². The molecule has 0 bridgehead atoms. The third kappa shape index (κ3) is 4.96. The molecule has 0 saturated heterocycles. The summed E-state index contributed by atoms with van der Waals surface area (Å²) in [5, 5.41) is 2.77. The Kier molecular flexibility index (Phi) is 5.88. The fraction of sp³-hybridized carbons (Fsp3) is 0.125. The maximum atomic E-state index is 12.8. The minimum absolute atomic E-state index is 0.110. The largest absolute Gasteiger partial charge is 0.427 e. The van der Waals surface area contributed by atoms with E-state index in [0.29, 0.717) is 28.1 Å². The molecule has 0 aliphatic carbocycles. The van der Waals surface area contributed by atoms with Gasteiger partial charge in [-0.15, -0.1) is 0 Å². The number of carbonyl (C=O) groups excluding carboxylic acids is 3. The first-order chi connectivity index (χ1) is 13.8. The van der Waals surface area contributed by atoms with Crippen molar-refractivity contribution in [3.63, 3.8) is 0 Å². The molecule has 0 aromatic heterocycles. The van der Waals surface area contributed by atoms with Crippen LogP contribution in [-0.4, -0.2) is 17.7 Å². The van der Waals surface area contributed by atoms with E-state index in [2.05, 4.69) is 5.32 Å². The highest BCUT2D eigenvalue weighted by Crippen LogP contribution is 2.19. The third-order valence-corrected chi connectivity index (χ3v) is 4.51. The number of aryl methyl sites for hydroxylation is 2. The van der Waals surface area contributed by atoms with Crippen LogP contribution in [0, 0.1) is 13.8 Å². The van der Waals surface area contributed by atoms with Crippen LogP contribution < -0.4 is 10.1 Å². The fourth-order valence-corrected chi connectivity index (χ4v) is 2.86. The molecule has 3 aromatic carbocycles. The molecule has 0 aliphatic heterocycles. The Morgan fingerprint density at radius 3 is 2.17 bits per heavy atom. The Morgan fingerprint density at radius 2 is 1.45 bits per heavy atom. The van der Waals surface area contributed by atoms with Crippen LogP contribution >= 0.6 is 0 Å². The highest BCUT2D eigenvalue weighted by atomic mass is 16.5. The third-order valence-electron chi connectivity index (χ3n) is 4.51. The monoisotopic (exact) mass is 387 g/mol. The number of ether oxygens (including phenoxy) is 1. The number of hydrogen-bond acceptors (Lipinski definition) is 4. The second-order valence-corrected chi connectivity index (χ2v) is 6.78. The number of nitrogens with one attached hydrogen (secondary N) is 1. The summed E-state index contributed by atoms with van der Waals surface area (Å²) < 4.78 is 5.01. The quantitative estimate of drug-likeness (QED) is 0.391. The lowest BCUT2D eigenvalue weighted by Crippen LogP contribution is -2.13. The zero-order chi connectivity index (χ0) is 21.0. The van der Waals surface area contributed by atoms with E-state index in [1.807, 2.05) is 26.0 Å². The molecule has 29 heavy (non-hydrogen) atoms. The SMILES string of the molecule is CC(=O)Oc1cccc(C(=O)Nc2cccc(C(=O)c3ccc(C)c(C)c3)c2)c1. The summed E-state index contributed by atoms with van der Waals surface area (Å²) in [5.41, 5.74) is 4.11. The maximum absolute atomic E-state index is 12.8. The van der Waals surface area contributed by atoms with Gasteiger partial charge in [0.15, 0.2) is 5.78 Å². The smallest absolute Gasteiger partial charge is 0.308 e. The van der Waals surface area contributed by atoms with E-state index < -0.39 is 5.97 Å². The van der Waals surface area contributed by atoms with Gasteiger partial charge in [0.2, 0.25) is 0 Å². The lowest BCUT2D eigenvalue weighted by molar-refractivity contribution is -0.131. The van der Waals surface area contributed by atoms with E-state index in [0.717, 1.165) is 11.1 Å². The molecule has 0 radical (unpaired) electrons. The summed E-state index contributed by atoms with van der Waals surface area (Å²) in [7, 11) is 0. The van der Waals surface area contributed by atoms with Crippen LogP contribution in [-0.2, 0) is 4.79 Å². The number of rotatable bonds is 5. The molecule has 3 rings (SSSR count). The van der Waals surface area contributed by atoms with Gasteiger partial charge in [-0.3, -0.25) is 14.4 Å². The Bertz CT molecular complexity index is 1100. The van der Waals surface area contributed by atoms with Crippen molar-refractivity contribution in [3.05, 3.63) is 94.5 Å². The van der Waals surface area contributed by atoms with Gasteiger partial charge in [-0.2, -0.15) is 0 Å². The van der Waals surface area contributed by atoms with Crippen molar-refractivity contribution in [2.24, 2.45) is 0 Å². The molecule has 5 heteroatoms. The summed E-state index contributed by atoms with van der Waals surface area (Å²) in [6.45, 7) is 5.26. The molecule has 0 saturated carbocycles. The van der Waals surface area contributed by atoms with Crippen LogP contribution in [0.1, 0.15) is 44.3 Å². The first-order valence-electron chi connectivity index (χ1n) is 9.15. The Morgan fingerprint density at radius 1 is 0.759 bits per heavy atom. The van der Waals surface area contributed by atoms with Gasteiger partial charge in [0, 0.05) is 29.3 Å². The second kappa shape index (κ2) is 8.52. The number of hydrogen-bond donors (Lipinski definition) is 1. The Labute approximate surface area is 169 Å². The molecule has 3 aromatic rings. The number of esters is 1. The molecular weight excluding hydrogens is 366 g/mol. The number of benzene rings is 3. The van der Waals surface area contributed by atoms with Crippen molar-refractivity contribution >= 4 is 23.3 Å². The van der Waals surface area contributed by atoms with E-state index in [-0.39, 0.29) is 11.7 Å². The lowest BCUT2D eigenvalue weighted by Gasteiger charge is -2.09. The van der Waals surface area contributed by atoms with Gasteiger partial charge >= 0.3 is 5.97 Å². The number of anilines is 1. The summed E-state index contributed by atoms with van der Waals surface area (Å²) in [6.07, 6.45) is 0. The maximum Gasteiger partial charge on any atom is 0.308 e. The van der Waals surface area contributed by atoms with Crippen LogP contribution in [0.2, 0.25) is 0 Å². The predicted octanol–water partition coefficient (Wildman–Crippen LogP) is 4.71. The van der Waals surface area contributed by atoms with Crippen LogP contribution in [0.4, 0.5) is 5.69 Å². The normalized spacial score (nSPS) is 10.3. The molecule has 0 aliphatic rings. The van der Waals surface area contributed by atoms with E-state index in [4.69, 9.17) is 4.74 Å². The van der Waals surface area contributed by atoms with Crippen molar-refractivity contribution in [2.75, 3.05) is 5.32 Å². The minimum atomic E-state index is -0.458. The zero-order valence-electron chi connectivity index (χ0n) is 16.5. The molecule has 1 amide bonds. The van der Waals surface area contributed by atoms with Crippen LogP contribution in [0.25, 0.3) is 0 Å². The topological polar surface area (TPSA) is 72.5 Å². The van der Waals surface area contributed by atoms with Gasteiger partial charge in [-0.1, -0.05) is 30.3 Å². The number of ketones is 1. The zero-order valence-corrected chi connectivity index (χ0v) is 16.5. The Balaban J connectivity index is 1.79. The fourth-order valence-electron chi connectivity index (χ4n) is 2.86. The number of amides is 1. The van der Waals surface area contributed by atoms with Crippen molar-refractivity contribution < 1.29 is 19.1 Å². The van der Waals surface area contributed by atoms with E-state index in [9.17, 15) is 14.4 Å². The molecule has 0 spiro atoms. The lowest BCUT2D eigenvalue weighted by atomic mass is 9.99. The van der Waals surface area contributed by atoms with Gasteiger partial charge in [-0.05, 0) is 61.4 Å². The van der Waals surface area contributed by atoms with Gasteiger partial charge in [0.25, 0.3) is 5.91 Å². The summed E-state index contributed by atoms with van der Waals surface area (Å²) in [5.74, 6) is -0.639. The molecule has 0 heterocycles. The average Bonchev–Trinajstić information content (AvgIpc) is 2.69. The molecular formula is C24H21NO4. The first-order valence-corrected chi connectivity index (χ1v) is 9.15. The molecule has 1 N–H and O–H groups in total. The highest BCUT2D eigenvalue weighted by Gasteiger charge is 2.13. The van der Waals surface area contributed by atoms with Gasteiger partial charge in [-0.25, -0.2) is 0 Å². The van der Waals surface area contributed by atoms with Gasteiger partial charge < -0.3 is 10.1 Å². The van der Waals surface area contributed by atoms with E-state index in [1.165, 1.54) is 13.0 Å². The summed E-state index contributed by atoms with van der Waals surface area (Å²) in [4.78, 5) is 36.4. The Hall–Kier alpha value is -3.73. The predicted molar refractivity (Wildman–Crippen MR) is 111 cm³/mol. The molecule has 0 atom stereocenters. The van der Waals surface area contributed by atoms with Crippen molar-refractivity contribution in [1.29, 1.82) is 0 Å². The number of carbonyl (C=O) groups is 3. The van der Waals surface area contributed by atoms with Crippen molar-refractivity contribution in [3.8, 4) is 5.75 Å². The minimum Gasteiger partial charge on any atom is -0.427 e. The molecule has 146 valence electrons.